The highest BCUT2D eigenvalue weighted by Gasteiger charge is 2.29. The molecule has 0 saturated heterocycles. The fraction of sp³-hybridized carbons (Fsp3) is 0.273. The van der Waals surface area contributed by atoms with Crippen LogP contribution in [-0.2, 0) is 0 Å². The fourth-order valence-electron chi connectivity index (χ4n) is 4.29. The molecule has 0 spiro atoms. The molecule has 9 heteroatoms. The Morgan fingerprint density at radius 2 is 2.10 bits per heavy atom. The lowest BCUT2D eigenvalue weighted by molar-refractivity contribution is 0.0920. The number of thiazole rings is 1. The van der Waals surface area contributed by atoms with E-state index in [2.05, 4.69) is 19.9 Å². The summed E-state index contributed by atoms with van der Waals surface area (Å²) >= 11 is 7.08. The number of carbonyl (C=O) groups is 1. The van der Waals surface area contributed by atoms with Crippen molar-refractivity contribution >= 4 is 39.9 Å². The molecule has 3 aromatic heterocycles. The van der Waals surface area contributed by atoms with Crippen molar-refractivity contribution < 1.29 is 9.18 Å². The van der Waals surface area contributed by atoms with Gasteiger partial charge in [-0.25, -0.2) is 14.4 Å². The highest BCUT2D eigenvalue weighted by atomic mass is 35.5. The summed E-state index contributed by atoms with van der Waals surface area (Å²) in [5.41, 5.74) is 2.10. The van der Waals surface area contributed by atoms with Crippen LogP contribution in [0.4, 0.5) is 4.39 Å². The summed E-state index contributed by atoms with van der Waals surface area (Å²) in [5.74, 6) is 0.0645. The maximum absolute atomic E-state index is 14.6. The quantitative estimate of drug-likeness (QED) is 0.455. The molecule has 2 atom stereocenters. The van der Waals surface area contributed by atoms with Gasteiger partial charge in [-0.15, -0.1) is 0 Å². The Morgan fingerprint density at radius 1 is 1.23 bits per heavy atom. The normalized spacial score (nSPS) is 18.9. The number of imidazole rings is 1. The minimum Gasteiger partial charge on any atom is -0.347 e. The summed E-state index contributed by atoms with van der Waals surface area (Å²) in [6.45, 7) is 0. The molecule has 2 unspecified atom stereocenters. The number of pyridine rings is 1. The van der Waals surface area contributed by atoms with Gasteiger partial charge in [0.1, 0.15) is 21.5 Å². The average molecular weight is 456 g/mol. The Bertz CT molecular complexity index is 1260. The van der Waals surface area contributed by atoms with E-state index < -0.39 is 0 Å². The number of nitrogens with zero attached hydrogens (tertiary/aromatic N) is 4. The number of hydrogen-bond acceptors (Lipinski definition) is 5. The first kappa shape index (κ1) is 20.1. The Balaban J connectivity index is 1.48. The van der Waals surface area contributed by atoms with Crippen LogP contribution < -0.4 is 5.32 Å². The van der Waals surface area contributed by atoms with Gasteiger partial charge in [-0.05, 0) is 43.9 Å². The maximum Gasteiger partial charge on any atom is 0.280 e. The number of nitrogens with one attached hydrogen (secondary N) is 1. The maximum atomic E-state index is 14.6. The van der Waals surface area contributed by atoms with E-state index in [4.69, 9.17) is 16.6 Å². The highest BCUT2D eigenvalue weighted by molar-refractivity contribution is 7.17. The van der Waals surface area contributed by atoms with E-state index in [1.807, 2.05) is 12.1 Å². The van der Waals surface area contributed by atoms with Gasteiger partial charge in [0.2, 0.25) is 0 Å². The highest BCUT2D eigenvalue weighted by Crippen LogP contribution is 2.36. The van der Waals surface area contributed by atoms with Gasteiger partial charge in [-0.2, -0.15) is 0 Å². The topological polar surface area (TPSA) is 72.7 Å². The largest absolute Gasteiger partial charge is 0.347 e. The molecule has 158 valence electrons. The molecular formula is C22H19ClFN5OS. The molecule has 5 rings (SSSR count). The number of carbonyl (C=O) groups excluding carboxylic acids is 1. The van der Waals surface area contributed by atoms with E-state index in [1.54, 1.807) is 24.5 Å². The predicted molar refractivity (Wildman–Crippen MR) is 119 cm³/mol. The van der Waals surface area contributed by atoms with E-state index in [0.29, 0.717) is 20.7 Å². The zero-order valence-corrected chi connectivity index (χ0v) is 18.0. The average Bonchev–Trinajstić information content (AvgIpc) is 3.38. The van der Waals surface area contributed by atoms with Gasteiger partial charge >= 0.3 is 0 Å². The number of rotatable bonds is 4. The van der Waals surface area contributed by atoms with Crippen LogP contribution in [0.25, 0.3) is 22.4 Å². The van der Waals surface area contributed by atoms with Crippen LogP contribution in [-0.4, -0.2) is 31.5 Å². The first-order valence-corrected chi connectivity index (χ1v) is 11.3. The second-order valence-electron chi connectivity index (χ2n) is 7.61. The molecule has 31 heavy (non-hydrogen) atoms. The molecule has 0 bridgehead atoms. The third kappa shape index (κ3) is 3.93. The van der Waals surface area contributed by atoms with Crippen LogP contribution in [0.15, 0.2) is 48.9 Å². The Kier molecular flexibility index (Phi) is 5.41. The fourth-order valence-corrected chi connectivity index (χ4v) is 5.10. The third-order valence-corrected chi connectivity index (χ3v) is 6.74. The Hall–Kier alpha value is -2.84. The molecular weight excluding hydrogens is 437 g/mol. The van der Waals surface area contributed by atoms with Gasteiger partial charge in [0.05, 0.1) is 23.5 Å². The van der Waals surface area contributed by atoms with Gasteiger partial charge in [-0.3, -0.25) is 9.78 Å². The molecule has 1 aliphatic carbocycles. The van der Waals surface area contributed by atoms with Gasteiger partial charge in [-0.1, -0.05) is 35.1 Å². The Morgan fingerprint density at radius 3 is 2.90 bits per heavy atom. The van der Waals surface area contributed by atoms with Gasteiger partial charge in [0.15, 0.2) is 5.01 Å². The number of amides is 1. The summed E-state index contributed by atoms with van der Waals surface area (Å²) in [4.78, 5) is 25.5. The Labute approximate surface area is 187 Å². The monoisotopic (exact) mass is 455 g/mol. The zero-order chi connectivity index (χ0) is 21.4. The molecule has 1 aromatic carbocycles. The van der Waals surface area contributed by atoms with Gasteiger partial charge < -0.3 is 9.88 Å². The van der Waals surface area contributed by atoms with Crippen LogP contribution in [0, 0.1) is 5.82 Å². The van der Waals surface area contributed by atoms with E-state index in [9.17, 15) is 9.18 Å². The van der Waals surface area contributed by atoms with Crippen molar-refractivity contribution in [2.45, 2.75) is 37.8 Å². The van der Waals surface area contributed by atoms with Crippen LogP contribution in [0.2, 0.25) is 4.34 Å². The summed E-state index contributed by atoms with van der Waals surface area (Å²) < 4.78 is 17.2. The molecule has 1 saturated carbocycles. The van der Waals surface area contributed by atoms with Crippen molar-refractivity contribution in [2.24, 2.45) is 0 Å². The second-order valence-corrected chi connectivity index (χ2v) is 9.27. The molecule has 0 radical (unpaired) electrons. The lowest BCUT2D eigenvalue weighted by Gasteiger charge is -2.31. The SMILES string of the molecule is O=C(NC1CCCC(n2c(-c3ccccc3F)nc3cnccc32)C1)c1ncc(Cl)s1. The van der Waals surface area contributed by atoms with Crippen LogP contribution in [0.3, 0.4) is 0 Å². The number of fused-ring (bicyclic) bond motifs is 1. The minimum absolute atomic E-state index is 0.0123. The van der Waals surface area contributed by atoms with Crippen molar-refractivity contribution in [1.82, 2.24) is 24.8 Å². The number of hydrogen-bond donors (Lipinski definition) is 1. The molecule has 1 aliphatic rings. The van der Waals surface area contributed by atoms with Gasteiger partial charge in [0, 0.05) is 18.3 Å². The van der Waals surface area contributed by atoms with Crippen LogP contribution in [0.5, 0.6) is 0 Å². The summed E-state index contributed by atoms with van der Waals surface area (Å²) in [6, 6.07) is 8.64. The summed E-state index contributed by atoms with van der Waals surface area (Å²) in [6.07, 6.45) is 8.37. The molecule has 4 aromatic rings. The van der Waals surface area contributed by atoms with E-state index in [1.165, 1.54) is 12.3 Å². The second kappa shape index (κ2) is 8.36. The lowest BCUT2D eigenvalue weighted by atomic mass is 9.90. The molecule has 1 amide bonds. The first-order chi connectivity index (χ1) is 15.1. The van der Waals surface area contributed by atoms with Crippen molar-refractivity contribution in [1.29, 1.82) is 0 Å². The number of halogens is 2. The minimum atomic E-state index is -0.312. The third-order valence-electron chi connectivity index (χ3n) is 5.63. The lowest BCUT2D eigenvalue weighted by Crippen LogP contribution is -2.39. The van der Waals surface area contributed by atoms with Gasteiger partial charge in [0.25, 0.3) is 5.91 Å². The summed E-state index contributed by atoms with van der Waals surface area (Å²) in [5, 5.41) is 3.45. The van der Waals surface area contributed by atoms with Crippen LogP contribution >= 0.6 is 22.9 Å². The van der Waals surface area contributed by atoms with E-state index in [-0.39, 0.29) is 23.8 Å². The summed E-state index contributed by atoms with van der Waals surface area (Å²) in [7, 11) is 0. The molecule has 0 aliphatic heterocycles. The first-order valence-electron chi connectivity index (χ1n) is 10.1. The van der Waals surface area contributed by atoms with Crippen molar-refractivity contribution in [3.05, 3.63) is 64.1 Å². The smallest absolute Gasteiger partial charge is 0.280 e. The zero-order valence-electron chi connectivity index (χ0n) is 16.5. The van der Waals surface area contributed by atoms with Crippen LogP contribution in [0.1, 0.15) is 41.5 Å². The molecule has 1 N–H and O–H groups in total. The van der Waals surface area contributed by atoms with Crippen molar-refractivity contribution in [3.8, 4) is 11.4 Å². The number of benzene rings is 1. The molecule has 1 fully saturated rings. The standard InChI is InChI=1S/C22H19ClFN5OS/c23-19-12-26-22(31-19)21(30)27-13-4-3-5-14(10-13)29-18-8-9-25-11-17(18)28-20(29)15-6-1-2-7-16(15)24/h1-2,6-9,11-14H,3-5,10H2,(H,27,30). The van der Waals surface area contributed by atoms with E-state index in [0.717, 1.165) is 48.1 Å². The van der Waals surface area contributed by atoms with Crippen molar-refractivity contribution in [3.63, 3.8) is 0 Å². The number of aromatic nitrogens is 4. The molecule has 3 heterocycles. The van der Waals surface area contributed by atoms with E-state index >= 15 is 0 Å². The predicted octanol–water partition coefficient (Wildman–Crippen LogP) is 5.26. The van der Waals surface area contributed by atoms with Crippen molar-refractivity contribution in [2.75, 3.05) is 0 Å². The molecule has 6 nitrogen and oxygen atoms in total.